The Morgan fingerprint density at radius 3 is 2.82 bits per heavy atom. The number of ether oxygens (including phenoxy) is 1. The van der Waals surface area contributed by atoms with Crippen LogP contribution >= 0.6 is 0 Å². The molecule has 1 heterocycles. The van der Waals surface area contributed by atoms with Gasteiger partial charge in [0.05, 0.1) is 12.0 Å². The maximum absolute atomic E-state index is 10.9. The molecule has 0 bridgehead atoms. The van der Waals surface area contributed by atoms with Gasteiger partial charge < -0.3 is 15.4 Å². The number of rotatable bonds is 7. The Labute approximate surface area is 98.6 Å². The first-order valence-corrected chi connectivity index (χ1v) is 5.18. The first-order valence-electron chi connectivity index (χ1n) is 5.18. The molecule has 94 valence electrons. The number of likely N-dealkylation sites (N-methyl/N-ethyl adjacent to an activating group) is 1. The third-order valence-corrected chi connectivity index (χ3v) is 2.01. The third-order valence-electron chi connectivity index (χ3n) is 2.01. The molecule has 0 aliphatic rings. The van der Waals surface area contributed by atoms with Gasteiger partial charge in [0.2, 0.25) is 5.82 Å². The fourth-order valence-electron chi connectivity index (χ4n) is 1.25. The van der Waals surface area contributed by atoms with Crippen molar-refractivity contribution < 1.29 is 9.66 Å². The fourth-order valence-corrected chi connectivity index (χ4v) is 1.25. The Morgan fingerprint density at radius 1 is 1.47 bits per heavy atom. The van der Waals surface area contributed by atoms with Crippen molar-refractivity contribution in [2.24, 2.45) is 0 Å². The van der Waals surface area contributed by atoms with E-state index in [1.807, 2.05) is 6.92 Å². The van der Waals surface area contributed by atoms with Crippen LogP contribution in [-0.2, 0) is 0 Å². The molecule has 0 atom stereocenters. The molecule has 0 radical (unpaired) electrons. The van der Waals surface area contributed by atoms with Crippen LogP contribution in [0.4, 0.5) is 11.5 Å². The summed E-state index contributed by atoms with van der Waals surface area (Å²) in [6.45, 7) is 4.06. The van der Waals surface area contributed by atoms with Crippen molar-refractivity contribution in [2.75, 3.05) is 32.1 Å². The van der Waals surface area contributed by atoms with Crippen molar-refractivity contribution in [1.29, 1.82) is 0 Å². The largest absolute Gasteiger partial charge is 0.476 e. The minimum Gasteiger partial charge on any atom is -0.476 e. The number of anilines is 1. The zero-order chi connectivity index (χ0) is 12.7. The predicted octanol–water partition coefficient (Wildman–Crippen LogP) is 0.415. The average molecular weight is 241 g/mol. The molecule has 8 nitrogen and oxygen atoms in total. The van der Waals surface area contributed by atoms with Gasteiger partial charge in [-0.1, -0.05) is 6.92 Å². The summed E-state index contributed by atoms with van der Waals surface area (Å²) in [4.78, 5) is 17.8. The summed E-state index contributed by atoms with van der Waals surface area (Å²) >= 11 is 0. The van der Waals surface area contributed by atoms with E-state index in [2.05, 4.69) is 20.6 Å². The average Bonchev–Trinajstić information content (AvgIpc) is 2.33. The normalized spacial score (nSPS) is 10.0. The molecule has 8 heteroatoms. The molecule has 17 heavy (non-hydrogen) atoms. The molecule has 0 spiro atoms. The first-order chi connectivity index (χ1) is 8.20. The van der Waals surface area contributed by atoms with Crippen LogP contribution in [-0.4, -0.2) is 41.6 Å². The molecule has 0 aliphatic heterocycles. The van der Waals surface area contributed by atoms with Gasteiger partial charge in [0.25, 0.3) is 5.88 Å². The molecule has 1 aromatic heterocycles. The monoisotopic (exact) mass is 241 g/mol. The molecular weight excluding hydrogens is 226 g/mol. The fraction of sp³-hybridized carbons (Fsp3) is 0.556. The van der Waals surface area contributed by atoms with Crippen LogP contribution in [0, 0.1) is 10.1 Å². The predicted molar refractivity (Wildman–Crippen MR) is 62.3 cm³/mol. The second kappa shape index (κ2) is 6.59. The van der Waals surface area contributed by atoms with Gasteiger partial charge in [-0.2, -0.15) is 4.98 Å². The molecular formula is C9H15N5O3. The van der Waals surface area contributed by atoms with E-state index in [0.717, 1.165) is 6.54 Å². The van der Waals surface area contributed by atoms with E-state index in [1.165, 1.54) is 13.4 Å². The highest BCUT2D eigenvalue weighted by Gasteiger charge is 2.23. The van der Waals surface area contributed by atoms with Crippen LogP contribution in [0.15, 0.2) is 6.33 Å². The highest BCUT2D eigenvalue weighted by molar-refractivity contribution is 5.60. The van der Waals surface area contributed by atoms with Gasteiger partial charge in [-0.05, 0) is 6.54 Å². The van der Waals surface area contributed by atoms with Gasteiger partial charge in [-0.25, -0.2) is 4.98 Å². The maximum Gasteiger partial charge on any atom is 0.372 e. The lowest BCUT2D eigenvalue weighted by Gasteiger charge is -2.07. The third kappa shape index (κ3) is 3.52. The minimum atomic E-state index is -0.561. The highest BCUT2D eigenvalue weighted by Crippen LogP contribution is 2.29. The Kier molecular flexibility index (Phi) is 5.08. The molecule has 1 rings (SSSR count). The lowest BCUT2D eigenvalue weighted by atomic mass is 10.4. The van der Waals surface area contributed by atoms with E-state index in [4.69, 9.17) is 4.74 Å². The first kappa shape index (κ1) is 13.1. The van der Waals surface area contributed by atoms with Gasteiger partial charge in [-0.3, -0.25) is 10.1 Å². The lowest BCUT2D eigenvalue weighted by molar-refractivity contribution is -0.385. The summed E-state index contributed by atoms with van der Waals surface area (Å²) in [5.41, 5.74) is -0.244. The van der Waals surface area contributed by atoms with Crippen molar-refractivity contribution >= 4 is 11.5 Å². The summed E-state index contributed by atoms with van der Waals surface area (Å²) in [7, 11) is 1.33. The number of nitrogens with zero attached hydrogens (tertiary/aromatic N) is 3. The number of methoxy groups -OCH3 is 1. The Balaban J connectivity index is 2.79. The van der Waals surface area contributed by atoms with E-state index in [9.17, 15) is 10.1 Å². The van der Waals surface area contributed by atoms with E-state index >= 15 is 0 Å². The number of aromatic nitrogens is 2. The zero-order valence-corrected chi connectivity index (χ0v) is 9.77. The second-order valence-electron chi connectivity index (χ2n) is 3.12. The summed E-state index contributed by atoms with van der Waals surface area (Å²) in [5.74, 6) is 0.121. The van der Waals surface area contributed by atoms with Crippen LogP contribution in [0.5, 0.6) is 5.88 Å². The maximum atomic E-state index is 10.9. The topological polar surface area (TPSA) is 102 Å². The molecule has 0 amide bonds. The van der Waals surface area contributed by atoms with Crippen molar-refractivity contribution in [1.82, 2.24) is 15.3 Å². The summed E-state index contributed by atoms with van der Waals surface area (Å²) < 4.78 is 4.83. The number of nitrogens with one attached hydrogen (secondary N) is 2. The van der Waals surface area contributed by atoms with Crippen molar-refractivity contribution in [3.05, 3.63) is 16.4 Å². The van der Waals surface area contributed by atoms with Crippen LogP contribution in [0.25, 0.3) is 0 Å². The van der Waals surface area contributed by atoms with Gasteiger partial charge in [-0.15, -0.1) is 0 Å². The molecule has 0 saturated heterocycles. The van der Waals surface area contributed by atoms with E-state index in [0.29, 0.717) is 13.1 Å². The van der Waals surface area contributed by atoms with Crippen molar-refractivity contribution in [3.8, 4) is 5.88 Å². The van der Waals surface area contributed by atoms with Crippen LogP contribution in [0.1, 0.15) is 6.92 Å². The van der Waals surface area contributed by atoms with Crippen LogP contribution in [0.3, 0.4) is 0 Å². The SMILES string of the molecule is CCNCCNc1ncnc(OC)c1[N+](=O)[O-]. The molecule has 0 unspecified atom stereocenters. The van der Waals surface area contributed by atoms with Gasteiger partial charge in [0, 0.05) is 13.1 Å². The number of hydrogen-bond donors (Lipinski definition) is 2. The van der Waals surface area contributed by atoms with Gasteiger partial charge in [0.15, 0.2) is 0 Å². The quantitative estimate of drug-likeness (QED) is 0.405. The summed E-state index contributed by atoms with van der Waals surface area (Å²) in [6, 6.07) is 0. The van der Waals surface area contributed by atoms with E-state index < -0.39 is 4.92 Å². The van der Waals surface area contributed by atoms with Gasteiger partial charge >= 0.3 is 5.69 Å². The summed E-state index contributed by atoms with van der Waals surface area (Å²) in [5, 5.41) is 16.8. The van der Waals surface area contributed by atoms with Crippen molar-refractivity contribution in [2.45, 2.75) is 6.92 Å². The van der Waals surface area contributed by atoms with Crippen LogP contribution < -0.4 is 15.4 Å². The highest BCUT2D eigenvalue weighted by atomic mass is 16.6. The zero-order valence-electron chi connectivity index (χ0n) is 9.77. The second-order valence-corrected chi connectivity index (χ2v) is 3.12. The molecule has 1 aromatic rings. The number of hydrogen-bond acceptors (Lipinski definition) is 7. The summed E-state index contributed by atoms with van der Waals surface area (Å²) in [6.07, 6.45) is 1.22. The van der Waals surface area contributed by atoms with Crippen molar-refractivity contribution in [3.63, 3.8) is 0 Å². The number of nitro groups is 1. The minimum absolute atomic E-state index is 0.0454. The van der Waals surface area contributed by atoms with Gasteiger partial charge in [0.1, 0.15) is 6.33 Å². The Bertz CT molecular complexity index is 385. The standard InChI is InChI=1S/C9H15N5O3/c1-3-10-4-5-11-8-7(14(15)16)9(17-2)13-6-12-8/h6,10H,3-5H2,1-2H3,(H,11,12,13). The Hall–Kier alpha value is -1.96. The lowest BCUT2D eigenvalue weighted by Crippen LogP contribution is -2.22. The molecule has 2 N–H and O–H groups in total. The van der Waals surface area contributed by atoms with E-state index in [-0.39, 0.29) is 17.4 Å². The molecule has 0 aliphatic carbocycles. The smallest absolute Gasteiger partial charge is 0.372 e. The molecule has 0 aromatic carbocycles. The van der Waals surface area contributed by atoms with Crippen LogP contribution in [0.2, 0.25) is 0 Å². The molecule has 0 saturated carbocycles. The van der Waals surface area contributed by atoms with E-state index in [1.54, 1.807) is 0 Å². The molecule has 0 fully saturated rings. The Morgan fingerprint density at radius 2 is 2.24 bits per heavy atom.